The summed E-state index contributed by atoms with van der Waals surface area (Å²) in [6.45, 7) is 8.25. The molecule has 188 valence electrons. The molecule has 0 aromatic heterocycles. The zero-order valence-electron chi connectivity index (χ0n) is 20.2. The first-order valence-corrected chi connectivity index (χ1v) is 12.1. The Labute approximate surface area is 199 Å². The molecule has 7 heteroatoms. The van der Waals surface area contributed by atoms with Crippen LogP contribution in [0, 0.1) is 0 Å². The monoisotopic (exact) mass is 466 g/mol. The van der Waals surface area contributed by atoms with Crippen molar-refractivity contribution in [1.29, 1.82) is 0 Å². The quantitative estimate of drug-likeness (QED) is 0.117. The van der Waals surface area contributed by atoms with Gasteiger partial charge in [0.05, 0.1) is 46.2 Å². The van der Waals surface area contributed by atoms with Gasteiger partial charge in [-0.2, -0.15) is 0 Å². The Morgan fingerprint density at radius 2 is 1.33 bits per heavy atom. The molecule has 0 atom stereocenters. The number of carbonyl (C=O) groups is 1. The van der Waals surface area contributed by atoms with Gasteiger partial charge in [-0.15, -0.1) is 0 Å². The van der Waals surface area contributed by atoms with Gasteiger partial charge < -0.3 is 28.8 Å². The summed E-state index contributed by atoms with van der Waals surface area (Å²) in [7, 11) is 0. The van der Waals surface area contributed by atoms with Crippen LogP contribution >= 0.6 is 0 Å². The summed E-state index contributed by atoms with van der Waals surface area (Å²) < 4.78 is 26.3. The van der Waals surface area contributed by atoms with Crippen LogP contribution in [0.15, 0.2) is 36.6 Å². The number of unbranched alkanes of at least 4 members (excludes halogenated alkanes) is 6. The molecule has 33 heavy (non-hydrogen) atoms. The van der Waals surface area contributed by atoms with E-state index in [4.69, 9.17) is 28.8 Å². The number of hydrogen-bond acceptors (Lipinski definition) is 7. The third-order valence-electron chi connectivity index (χ3n) is 4.90. The largest absolute Gasteiger partial charge is 0.457 e. The van der Waals surface area contributed by atoms with E-state index in [9.17, 15) is 4.79 Å². The smallest absolute Gasteiger partial charge is 0.373 e. The van der Waals surface area contributed by atoms with Crippen LogP contribution in [-0.4, -0.2) is 63.9 Å². The Kier molecular flexibility index (Phi) is 18.2. The molecular weight excluding hydrogens is 424 g/mol. The lowest BCUT2D eigenvalue weighted by Crippen LogP contribution is -2.16. The van der Waals surface area contributed by atoms with Gasteiger partial charge in [0, 0.05) is 0 Å². The van der Waals surface area contributed by atoms with Gasteiger partial charge in [-0.3, -0.25) is 0 Å². The molecule has 0 aliphatic carbocycles. The molecule has 0 aliphatic rings. The highest BCUT2D eigenvalue weighted by molar-refractivity contribution is 5.86. The third kappa shape index (κ3) is 16.3. The summed E-state index contributed by atoms with van der Waals surface area (Å²) in [5.74, 6) is -0.0966. The van der Waals surface area contributed by atoms with E-state index in [0.717, 1.165) is 6.42 Å². The van der Waals surface area contributed by atoms with Crippen molar-refractivity contribution in [1.82, 2.24) is 0 Å². The minimum atomic E-state index is -0.608. The van der Waals surface area contributed by atoms with E-state index in [1.54, 1.807) is 0 Å². The van der Waals surface area contributed by atoms with Crippen molar-refractivity contribution in [2.75, 3.05) is 52.9 Å². The number of aliphatic hydroxyl groups excluding tert-OH is 1. The van der Waals surface area contributed by atoms with Crippen LogP contribution in [0.2, 0.25) is 0 Å². The van der Waals surface area contributed by atoms with E-state index in [1.807, 2.05) is 24.3 Å². The van der Waals surface area contributed by atoms with Crippen molar-refractivity contribution in [3.8, 4) is 5.75 Å². The fourth-order valence-electron chi connectivity index (χ4n) is 3.07. The molecule has 0 aliphatic heterocycles. The minimum absolute atomic E-state index is 0.00489. The maximum atomic E-state index is 12.0. The molecule has 0 radical (unpaired) electrons. The highest BCUT2D eigenvalue weighted by atomic mass is 16.6. The molecule has 0 heterocycles. The molecule has 0 amide bonds. The number of esters is 1. The molecule has 0 spiro atoms. The average Bonchev–Trinajstić information content (AvgIpc) is 2.82. The van der Waals surface area contributed by atoms with E-state index in [1.165, 1.54) is 50.5 Å². The summed E-state index contributed by atoms with van der Waals surface area (Å²) in [4.78, 5) is 12.0. The SMILES string of the molecule is C=C(Oc1ccc(CCCCCCCCC)cc1)C(=O)OCCOCCOCCOCCO. The van der Waals surface area contributed by atoms with Crippen LogP contribution in [0.3, 0.4) is 0 Å². The zero-order chi connectivity index (χ0) is 24.0. The molecule has 1 aromatic carbocycles. The number of aryl methyl sites for hydroxylation is 1. The molecule has 0 bridgehead atoms. The summed E-state index contributed by atoms with van der Waals surface area (Å²) >= 11 is 0. The van der Waals surface area contributed by atoms with Gasteiger partial charge >= 0.3 is 5.97 Å². The zero-order valence-corrected chi connectivity index (χ0v) is 20.2. The fraction of sp³-hybridized carbons (Fsp3) is 0.654. The van der Waals surface area contributed by atoms with Crippen molar-refractivity contribution in [2.45, 2.75) is 58.3 Å². The van der Waals surface area contributed by atoms with Gasteiger partial charge in [0.15, 0.2) is 0 Å². The van der Waals surface area contributed by atoms with Crippen molar-refractivity contribution in [3.05, 3.63) is 42.2 Å². The normalized spacial score (nSPS) is 10.8. The molecule has 0 saturated carbocycles. The maximum absolute atomic E-state index is 12.0. The maximum Gasteiger partial charge on any atom is 0.373 e. The van der Waals surface area contributed by atoms with Gasteiger partial charge in [-0.1, -0.05) is 57.6 Å². The Bertz CT molecular complexity index is 616. The molecule has 1 rings (SSSR count). The molecular formula is C26H42O7. The first-order chi connectivity index (χ1) is 16.2. The van der Waals surface area contributed by atoms with Gasteiger partial charge in [0.25, 0.3) is 0 Å². The number of hydrogen-bond donors (Lipinski definition) is 1. The Balaban J connectivity index is 2.06. The van der Waals surface area contributed by atoms with Crippen molar-refractivity contribution >= 4 is 5.97 Å². The summed E-state index contributed by atoms with van der Waals surface area (Å²) in [6.07, 6.45) is 10.1. The second kappa shape index (κ2) is 20.7. The molecule has 0 fully saturated rings. The van der Waals surface area contributed by atoms with Crippen molar-refractivity contribution in [3.63, 3.8) is 0 Å². The lowest BCUT2D eigenvalue weighted by atomic mass is 10.0. The van der Waals surface area contributed by atoms with Gasteiger partial charge in [0.1, 0.15) is 12.4 Å². The summed E-state index contributed by atoms with van der Waals surface area (Å²) in [5, 5.41) is 8.57. The molecule has 0 unspecified atom stereocenters. The van der Waals surface area contributed by atoms with E-state index in [0.29, 0.717) is 38.8 Å². The molecule has 1 aromatic rings. The lowest BCUT2D eigenvalue weighted by molar-refractivity contribution is -0.143. The van der Waals surface area contributed by atoms with Gasteiger partial charge in [-0.25, -0.2) is 4.79 Å². The topological polar surface area (TPSA) is 83.5 Å². The number of aliphatic hydroxyl groups is 1. The van der Waals surface area contributed by atoms with Crippen LogP contribution in [0.25, 0.3) is 0 Å². The van der Waals surface area contributed by atoms with Crippen molar-refractivity contribution in [2.24, 2.45) is 0 Å². The number of rotatable bonds is 22. The third-order valence-corrected chi connectivity index (χ3v) is 4.90. The van der Waals surface area contributed by atoms with Gasteiger partial charge in [-0.05, 0) is 37.1 Å². The van der Waals surface area contributed by atoms with Crippen LogP contribution in [0.5, 0.6) is 5.75 Å². The van der Waals surface area contributed by atoms with Crippen LogP contribution in [0.4, 0.5) is 0 Å². The average molecular weight is 467 g/mol. The second-order valence-corrected chi connectivity index (χ2v) is 7.74. The summed E-state index contributed by atoms with van der Waals surface area (Å²) in [6, 6.07) is 7.76. The Morgan fingerprint density at radius 3 is 1.94 bits per heavy atom. The minimum Gasteiger partial charge on any atom is -0.457 e. The Hall–Kier alpha value is -1.93. The van der Waals surface area contributed by atoms with Crippen LogP contribution < -0.4 is 4.74 Å². The van der Waals surface area contributed by atoms with E-state index in [2.05, 4.69) is 13.5 Å². The predicted octanol–water partition coefficient (Wildman–Crippen LogP) is 4.46. The summed E-state index contributed by atoms with van der Waals surface area (Å²) in [5.41, 5.74) is 1.27. The second-order valence-electron chi connectivity index (χ2n) is 7.74. The molecule has 1 N–H and O–H groups in total. The highest BCUT2D eigenvalue weighted by Gasteiger charge is 2.11. The predicted molar refractivity (Wildman–Crippen MR) is 128 cm³/mol. The molecule has 7 nitrogen and oxygen atoms in total. The first kappa shape index (κ1) is 29.1. The number of benzene rings is 1. The van der Waals surface area contributed by atoms with Gasteiger partial charge in [0.2, 0.25) is 5.76 Å². The van der Waals surface area contributed by atoms with E-state index < -0.39 is 5.97 Å². The first-order valence-electron chi connectivity index (χ1n) is 12.1. The van der Waals surface area contributed by atoms with Crippen LogP contribution in [-0.2, 0) is 30.2 Å². The van der Waals surface area contributed by atoms with Crippen LogP contribution in [0.1, 0.15) is 57.4 Å². The lowest BCUT2D eigenvalue weighted by Gasteiger charge is -2.10. The van der Waals surface area contributed by atoms with E-state index in [-0.39, 0.29) is 25.6 Å². The highest BCUT2D eigenvalue weighted by Crippen LogP contribution is 2.17. The number of ether oxygens (including phenoxy) is 5. The molecule has 0 saturated heterocycles. The number of carbonyl (C=O) groups excluding carboxylic acids is 1. The van der Waals surface area contributed by atoms with Crippen molar-refractivity contribution < 1.29 is 33.6 Å². The fourth-order valence-corrected chi connectivity index (χ4v) is 3.07. The Morgan fingerprint density at radius 1 is 0.788 bits per heavy atom. The van der Waals surface area contributed by atoms with E-state index >= 15 is 0 Å². The standard InChI is InChI=1S/C26H42O7/c1-3-4-5-6-7-8-9-10-24-11-13-25(14-12-24)33-23(2)26(28)32-22-21-31-20-19-30-18-17-29-16-15-27/h11-14,27H,2-10,15-22H2,1H3.